The van der Waals surface area contributed by atoms with Gasteiger partial charge in [0.15, 0.2) is 5.96 Å². The predicted octanol–water partition coefficient (Wildman–Crippen LogP) is 0.331. The molecule has 0 aromatic heterocycles. The molecule has 1 aliphatic rings. The van der Waals surface area contributed by atoms with E-state index in [1.54, 1.807) is 9.80 Å². The Bertz CT molecular complexity index is 292. The molecular formula is C10H20N4O3. The Morgan fingerprint density at radius 3 is 1.88 bits per heavy atom. The molecule has 0 aromatic carbocycles. The fourth-order valence-electron chi connectivity index (χ4n) is 1.25. The molecule has 17 heavy (non-hydrogen) atoms. The smallest absolute Gasteiger partial charge is 0.414 e. The fraction of sp³-hybridized carbons (Fsp3) is 0.700. The predicted molar refractivity (Wildman–Crippen MR) is 64.1 cm³/mol. The fourth-order valence-corrected chi connectivity index (χ4v) is 1.25. The van der Waals surface area contributed by atoms with Crippen molar-refractivity contribution >= 4 is 18.0 Å². The van der Waals surface area contributed by atoms with Gasteiger partial charge < -0.3 is 14.9 Å². The SMILES string of the molecule is CN(C)C(=N)N(C)C.O=C(O)N1CCCC1=O. The van der Waals surface area contributed by atoms with E-state index in [1.165, 1.54) is 0 Å². The number of nitrogens with one attached hydrogen (secondary N) is 1. The summed E-state index contributed by atoms with van der Waals surface area (Å²) in [5, 5.41) is 15.5. The van der Waals surface area contributed by atoms with Gasteiger partial charge in [-0.3, -0.25) is 10.2 Å². The molecule has 1 heterocycles. The maximum Gasteiger partial charge on any atom is 0.414 e. The lowest BCUT2D eigenvalue weighted by molar-refractivity contribution is -0.125. The Morgan fingerprint density at radius 1 is 1.29 bits per heavy atom. The van der Waals surface area contributed by atoms with E-state index < -0.39 is 6.09 Å². The van der Waals surface area contributed by atoms with Gasteiger partial charge in [0, 0.05) is 41.2 Å². The summed E-state index contributed by atoms with van der Waals surface area (Å²) in [5.74, 6) is 0.243. The van der Waals surface area contributed by atoms with E-state index >= 15 is 0 Å². The average Bonchev–Trinajstić information content (AvgIpc) is 2.64. The quantitative estimate of drug-likeness (QED) is 0.473. The maximum absolute atomic E-state index is 10.6. The van der Waals surface area contributed by atoms with Crippen molar-refractivity contribution in [3.8, 4) is 0 Å². The van der Waals surface area contributed by atoms with Crippen molar-refractivity contribution in [3.05, 3.63) is 0 Å². The second kappa shape index (κ2) is 6.72. The first-order valence-corrected chi connectivity index (χ1v) is 5.23. The molecule has 7 nitrogen and oxygen atoms in total. The van der Waals surface area contributed by atoms with Crippen molar-refractivity contribution < 1.29 is 14.7 Å². The third-order valence-corrected chi connectivity index (χ3v) is 2.15. The first-order chi connectivity index (χ1) is 7.77. The van der Waals surface area contributed by atoms with Crippen molar-refractivity contribution in [2.24, 2.45) is 0 Å². The minimum Gasteiger partial charge on any atom is -0.465 e. The van der Waals surface area contributed by atoms with Gasteiger partial charge in [0.05, 0.1) is 0 Å². The summed E-state index contributed by atoms with van der Waals surface area (Å²) in [5.41, 5.74) is 0. The molecule has 1 saturated heterocycles. The number of carbonyl (C=O) groups is 2. The number of hydrogen-bond donors (Lipinski definition) is 2. The zero-order valence-corrected chi connectivity index (χ0v) is 10.7. The number of nitrogens with zero attached hydrogens (tertiary/aromatic N) is 3. The second-order valence-corrected chi connectivity index (χ2v) is 4.04. The van der Waals surface area contributed by atoms with Gasteiger partial charge >= 0.3 is 6.09 Å². The van der Waals surface area contributed by atoms with Gasteiger partial charge in [0.25, 0.3) is 0 Å². The summed E-state index contributed by atoms with van der Waals surface area (Å²) in [6.07, 6.45) is -0.0743. The first-order valence-electron chi connectivity index (χ1n) is 5.23. The molecule has 0 unspecified atom stereocenters. The molecule has 1 rings (SSSR count). The van der Waals surface area contributed by atoms with Crippen LogP contribution in [-0.2, 0) is 4.79 Å². The third-order valence-electron chi connectivity index (χ3n) is 2.15. The second-order valence-electron chi connectivity index (χ2n) is 4.04. The van der Waals surface area contributed by atoms with Gasteiger partial charge in [-0.2, -0.15) is 0 Å². The molecule has 7 heteroatoms. The van der Waals surface area contributed by atoms with Crippen LogP contribution in [0.25, 0.3) is 0 Å². The van der Waals surface area contributed by atoms with Crippen LogP contribution in [0, 0.1) is 5.41 Å². The first kappa shape index (κ1) is 15.2. The van der Waals surface area contributed by atoms with E-state index in [0.29, 0.717) is 25.3 Å². The number of carbonyl (C=O) groups excluding carboxylic acids is 1. The number of hydrogen-bond acceptors (Lipinski definition) is 3. The molecule has 2 amide bonds. The summed E-state index contributed by atoms with van der Waals surface area (Å²) < 4.78 is 0. The Morgan fingerprint density at radius 2 is 1.76 bits per heavy atom. The van der Waals surface area contributed by atoms with Crippen LogP contribution in [0.15, 0.2) is 0 Å². The van der Waals surface area contributed by atoms with E-state index in [-0.39, 0.29) is 5.91 Å². The summed E-state index contributed by atoms with van der Waals surface area (Å²) in [6.45, 7) is 0.369. The van der Waals surface area contributed by atoms with Gasteiger partial charge in [0.2, 0.25) is 5.91 Å². The van der Waals surface area contributed by atoms with E-state index in [2.05, 4.69) is 0 Å². The normalized spacial score (nSPS) is 13.9. The van der Waals surface area contributed by atoms with Gasteiger partial charge in [-0.05, 0) is 6.42 Å². The molecule has 1 aliphatic heterocycles. The number of amides is 2. The van der Waals surface area contributed by atoms with Crippen LogP contribution in [-0.4, -0.2) is 72.5 Å². The molecule has 0 saturated carbocycles. The third kappa shape index (κ3) is 5.19. The molecule has 1 fully saturated rings. The van der Waals surface area contributed by atoms with Gasteiger partial charge in [0.1, 0.15) is 0 Å². The number of rotatable bonds is 0. The summed E-state index contributed by atoms with van der Waals surface area (Å²) in [4.78, 5) is 25.0. The van der Waals surface area contributed by atoms with Crippen molar-refractivity contribution in [2.75, 3.05) is 34.7 Å². The lowest BCUT2D eigenvalue weighted by atomic mass is 10.4. The summed E-state index contributed by atoms with van der Waals surface area (Å²) in [6, 6.07) is 0. The summed E-state index contributed by atoms with van der Waals surface area (Å²) >= 11 is 0. The highest BCUT2D eigenvalue weighted by Gasteiger charge is 2.25. The van der Waals surface area contributed by atoms with Crippen LogP contribution in [0.4, 0.5) is 4.79 Å². The van der Waals surface area contributed by atoms with Crippen LogP contribution in [0.3, 0.4) is 0 Å². The Balaban J connectivity index is 0.000000304. The number of carboxylic acid groups (broad SMARTS) is 1. The monoisotopic (exact) mass is 244 g/mol. The minimum atomic E-state index is -1.13. The average molecular weight is 244 g/mol. The Labute approximate surface area is 101 Å². The molecule has 2 N–H and O–H groups in total. The Kier molecular flexibility index (Phi) is 6.01. The van der Waals surface area contributed by atoms with Crippen LogP contribution in [0.2, 0.25) is 0 Å². The van der Waals surface area contributed by atoms with Crippen LogP contribution < -0.4 is 0 Å². The molecule has 0 atom stereocenters. The molecule has 0 aromatic rings. The lowest BCUT2D eigenvalue weighted by Crippen LogP contribution is -2.34. The van der Waals surface area contributed by atoms with Crippen LogP contribution in [0.5, 0.6) is 0 Å². The highest BCUT2D eigenvalue weighted by molar-refractivity contribution is 5.92. The van der Waals surface area contributed by atoms with Crippen LogP contribution in [0.1, 0.15) is 12.8 Å². The molecule has 0 aliphatic carbocycles. The van der Waals surface area contributed by atoms with E-state index in [1.807, 2.05) is 28.2 Å². The largest absolute Gasteiger partial charge is 0.465 e. The highest BCUT2D eigenvalue weighted by Crippen LogP contribution is 2.08. The van der Waals surface area contributed by atoms with Crippen molar-refractivity contribution in [2.45, 2.75) is 12.8 Å². The molecule has 0 spiro atoms. The number of imide groups is 1. The van der Waals surface area contributed by atoms with Gasteiger partial charge in [-0.25, -0.2) is 9.69 Å². The topological polar surface area (TPSA) is 87.9 Å². The lowest BCUT2D eigenvalue weighted by Gasteiger charge is -2.19. The Hall–Kier alpha value is -1.79. The van der Waals surface area contributed by atoms with E-state index in [0.717, 1.165) is 4.90 Å². The molecule has 0 bridgehead atoms. The van der Waals surface area contributed by atoms with Crippen molar-refractivity contribution in [3.63, 3.8) is 0 Å². The zero-order chi connectivity index (χ0) is 13.6. The molecule has 98 valence electrons. The van der Waals surface area contributed by atoms with Crippen molar-refractivity contribution in [1.82, 2.24) is 14.7 Å². The van der Waals surface area contributed by atoms with Gasteiger partial charge in [-0.15, -0.1) is 0 Å². The standard InChI is InChI=1S/C5H13N3.C5H7NO3/c1-7(2)5(6)8(3)4;7-4-2-1-3-6(4)5(8)9/h6H,1-4H3;1-3H2,(H,8,9). The van der Waals surface area contributed by atoms with E-state index in [9.17, 15) is 9.59 Å². The summed E-state index contributed by atoms with van der Waals surface area (Å²) in [7, 11) is 7.40. The molecule has 0 radical (unpaired) electrons. The minimum absolute atomic E-state index is 0.275. The maximum atomic E-state index is 10.6. The van der Waals surface area contributed by atoms with Crippen LogP contribution >= 0.6 is 0 Å². The van der Waals surface area contributed by atoms with Gasteiger partial charge in [-0.1, -0.05) is 0 Å². The highest BCUT2D eigenvalue weighted by atomic mass is 16.4. The zero-order valence-electron chi connectivity index (χ0n) is 10.7. The molecular weight excluding hydrogens is 224 g/mol. The number of likely N-dealkylation sites (tertiary alicyclic amines) is 1. The van der Waals surface area contributed by atoms with E-state index in [4.69, 9.17) is 10.5 Å². The van der Waals surface area contributed by atoms with Crippen molar-refractivity contribution in [1.29, 1.82) is 5.41 Å². The number of guanidine groups is 1.